The molecular weight excluding hydrogens is 254 g/mol. The topological polar surface area (TPSA) is 66.4 Å². The van der Waals surface area contributed by atoms with Crippen molar-refractivity contribution in [2.45, 2.75) is 37.6 Å². The summed E-state index contributed by atoms with van der Waals surface area (Å²) in [5.74, 6) is -1.71. The van der Waals surface area contributed by atoms with E-state index in [-0.39, 0.29) is 23.3 Å². The average molecular weight is 273 g/mol. The summed E-state index contributed by atoms with van der Waals surface area (Å²) >= 11 is 0. The first-order chi connectivity index (χ1) is 9.49. The van der Waals surface area contributed by atoms with Crippen LogP contribution in [-0.2, 0) is 15.0 Å². The lowest BCUT2D eigenvalue weighted by Crippen LogP contribution is -2.52. The van der Waals surface area contributed by atoms with Gasteiger partial charge in [-0.3, -0.25) is 9.59 Å². The Morgan fingerprint density at radius 3 is 2.40 bits per heavy atom. The predicted octanol–water partition coefficient (Wildman–Crippen LogP) is 1.94. The van der Waals surface area contributed by atoms with Crippen LogP contribution in [0.5, 0.6) is 0 Å². The van der Waals surface area contributed by atoms with E-state index in [4.69, 9.17) is 5.11 Å². The summed E-state index contributed by atoms with van der Waals surface area (Å²) in [6.07, 6.45) is 2.34. The van der Waals surface area contributed by atoms with Gasteiger partial charge < -0.3 is 10.4 Å². The van der Waals surface area contributed by atoms with Crippen LogP contribution in [0.3, 0.4) is 0 Å². The zero-order chi connectivity index (χ0) is 14.3. The molecule has 2 unspecified atom stereocenters. The second-order valence-corrected chi connectivity index (χ2v) is 6.33. The molecule has 2 N–H and O–H groups in total. The Morgan fingerprint density at radius 2 is 1.85 bits per heavy atom. The van der Waals surface area contributed by atoms with E-state index in [1.807, 2.05) is 18.2 Å². The second kappa shape index (κ2) is 4.62. The Bertz CT molecular complexity index is 534. The highest BCUT2D eigenvalue weighted by Gasteiger charge is 2.50. The maximum atomic E-state index is 11.9. The lowest BCUT2D eigenvalue weighted by molar-refractivity contribution is -0.140. The number of carbonyl (C=O) groups excluding carboxylic acids is 1. The Morgan fingerprint density at radius 1 is 1.20 bits per heavy atom. The number of rotatable bonds is 4. The molecule has 0 saturated heterocycles. The molecular formula is C16H19NO3. The summed E-state index contributed by atoms with van der Waals surface area (Å²) < 4.78 is 0. The first kappa shape index (κ1) is 13.2. The number of benzene rings is 1. The Hall–Kier alpha value is -1.84. The predicted molar refractivity (Wildman–Crippen MR) is 74.2 cm³/mol. The molecule has 4 nitrogen and oxygen atoms in total. The molecule has 0 radical (unpaired) electrons. The third-order valence-corrected chi connectivity index (χ3v) is 4.66. The second-order valence-electron chi connectivity index (χ2n) is 6.33. The Kier molecular flexibility index (Phi) is 3.04. The highest BCUT2D eigenvalue weighted by molar-refractivity contribution is 5.89. The van der Waals surface area contributed by atoms with Crippen molar-refractivity contribution in [3.05, 3.63) is 35.9 Å². The van der Waals surface area contributed by atoms with Gasteiger partial charge in [-0.15, -0.1) is 0 Å². The van der Waals surface area contributed by atoms with E-state index in [1.165, 1.54) is 5.56 Å². The van der Waals surface area contributed by atoms with E-state index >= 15 is 0 Å². The van der Waals surface area contributed by atoms with Gasteiger partial charge in [0.1, 0.15) is 0 Å². The van der Waals surface area contributed by atoms with Gasteiger partial charge in [0, 0.05) is 6.04 Å². The molecule has 2 aliphatic carbocycles. The third-order valence-electron chi connectivity index (χ3n) is 4.66. The highest BCUT2D eigenvalue weighted by Crippen LogP contribution is 2.44. The van der Waals surface area contributed by atoms with Crippen molar-refractivity contribution >= 4 is 11.9 Å². The van der Waals surface area contributed by atoms with Crippen LogP contribution in [0.2, 0.25) is 0 Å². The number of hydrogen-bond acceptors (Lipinski definition) is 2. The molecule has 1 amide bonds. The first-order valence-electron chi connectivity index (χ1n) is 7.08. The van der Waals surface area contributed by atoms with Gasteiger partial charge in [0.05, 0.1) is 11.8 Å². The fourth-order valence-corrected chi connectivity index (χ4v) is 3.27. The quantitative estimate of drug-likeness (QED) is 0.881. The van der Waals surface area contributed by atoms with E-state index < -0.39 is 11.9 Å². The average Bonchev–Trinajstić information content (AvgIpc) is 3.18. The minimum atomic E-state index is -0.854. The zero-order valence-electron chi connectivity index (χ0n) is 11.5. The molecule has 2 fully saturated rings. The Balaban J connectivity index is 1.52. The van der Waals surface area contributed by atoms with Gasteiger partial charge >= 0.3 is 5.97 Å². The molecule has 2 atom stereocenters. The van der Waals surface area contributed by atoms with Crippen molar-refractivity contribution in [3.8, 4) is 0 Å². The largest absolute Gasteiger partial charge is 0.481 e. The summed E-state index contributed by atoms with van der Waals surface area (Å²) in [4.78, 5) is 22.7. The number of carbonyl (C=O) groups is 2. The molecule has 4 heteroatoms. The number of carboxylic acids is 1. The van der Waals surface area contributed by atoms with E-state index in [1.54, 1.807) is 0 Å². The number of nitrogens with one attached hydrogen (secondary N) is 1. The summed E-state index contributed by atoms with van der Waals surface area (Å²) in [6.45, 7) is 2.21. The molecule has 106 valence electrons. The molecule has 2 saturated carbocycles. The minimum Gasteiger partial charge on any atom is -0.481 e. The van der Waals surface area contributed by atoms with Crippen LogP contribution in [0.15, 0.2) is 30.3 Å². The van der Waals surface area contributed by atoms with Crippen molar-refractivity contribution in [1.82, 2.24) is 5.32 Å². The maximum Gasteiger partial charge on any atom is 0.307 e. The van der Waals surface area contributed by atoms with Crippen LogP contribution in [0, 0.1) is 11.8 Å². The number of carboxylic acid groups (broad SMARTS) is 1. The van der Waals surface area contributed by atoms with E-state index in [0.29, 0.717) is 6.42 Å². The van der Waals surface area contributed by atoms with Gasteiger partial charge in [-0.05, 0) is 30.2 Å². The van der Waals surface area contributed by atoms with Crippen molar-refractivity contribution in [1.29, 1.82) is 0 Å². The molecule has 0 aromatic heterocycles. The zero-order valence-corrected chi connectivity index (χ0v) is 11.5. The first-order valence-corrected chi connectivity index (χ1v) is 7.08. The van der Waals surface area contributed by atoms with E-state index in [0.717, 1.165) is 12.8 Å². The summed E-state index contributed by atoms with van der Waals surface area (Å²) in [5.41, 5.74) is 1.44. The molecule has 0 spiro atoms. The van der Waals surface area contributed by atoms with Gasteiger partial charge in [0.25, 0.3) is 0 Å². The van der Waals surface area contributed by atoms with Crippen LogP contribution >= 0.6 is 0 Å². The fourth-order valence-electron chi connectivity index (χ4n) is 3.27. The molecule has 0 heterocycles. The molecule has 0 bridgehead atoms. The molecule has 0 aliphatic heterocycles. The van der Waals surface area contributed by atoms with Gasteiger partial charge in [0.2, 0.25) is 5.91 Å². The standard InChI is InChI=1S/C16H19NO3/c1-16(10-5-3-2-4-6-10)8-11(9-16)17-14(18)12-7-13(12)15(19)20/h2-6,11-13H,7-9H2,1H3,(H,17,18)(H,19,20). The van der Waals surface area contributed by atoms with Crippen molar-refractivity contribution in [2.24, 2.45) is 11.8 Å². The van der Waals surface area contributed by atoms with E-state index in [2.05, 4.69) is 24.4 Å². The smallest absolute Gasteiger partial charge is 0.307 e. The van der Waals surface area contributed by atoms with Gasteiger partial charge in [-0.25, -0.2) is 0 Å². The van der Waals surface area contributed by atoms with Crippen molar-refractivity contribution in [2.75, 3.05) is 0 Å². The molecule has 2 aliphatic rings. The number of aliphatic carboxylic acids is 1. The lowest BCUT2D eigenvalue weighted by Gasteiger charge is -2.46. The number of hydrogen-bond donors (Lipinski definition) is 2. The third kappa shape index (κ3) is 2.30. The maximum absolute atomic E-state index is 11.9. The van der Waals surface area contributed by atoms with Crippen LogP contribution in [0.1, 0.15) is 31.7 Å². The van der Waals surface area contributed by atoms with Crippen molar-refractivity contribution < 1.29 is 14.7 Å². The van der Waals surface area contributed by atoms with Gasteiger partial charge in [-0.2, -0.15) is 0 Å². The minimum absolute atomic E-state index is 0.0856. The highest BCUT2D eigenvalue weighted by atomic mass is 16.4. The normalized spacial score (nSPS) is 35.0. The molecule has 20 heavy (non-hydrogen) atoms. The summed E-state index contributed by atoms with van der Waals surface area (Å²) in [5, 5.41) is 11.8. The Labute approximate surface area is 118 Å². The lowest BCUT2D eigenvalue weighted by atomic mass is 9.63. The molecule has 1 aromatic rings. The number of amides is 1. The van der Waals surface area contributed by atoms with Crippen LogP contribution in [0.25, 0.3) is 0 Å². The van der Waals surface area contributed by atoms with Crippen LogP contribution in [-0.4, -0.2) is 23.0 Å². The van der Waals surface area contributed by atoms with Crippen molar-refractivity contribution in [3.63, 3.8) is 0 Å². The fraction of sp³-hybridized carbons (Fsp3) is 0.500. The van der Waals surface area contributed by atoms with Gasteiger partial charge in [0.15, 0.2) is 0 Å². The SMILES string of the molecule is CC1(c2ccccc2)CC(NC(=O)C2CC2C(=O)O)C1. The molecule has 3 rings (SSSR count). The summed E-state index contributed by atoms with van der Waals surface area (Å²) in [6, 6.07) is 10.5. The monoisotopic (exact) mass is 273 g/mol. The van der Waals surface area contributed by atoms with Gasteiger partial charge in [-0.1, -0.05) is 37.3 Å². The van der Waals surface area contributed by atoms with E-state index in [9.17, 15) is 9.59 Å². The summed E-state index contributed by atoms with van der Waals surface area (Å²) in [7, 11) is 0. The van der Waals surface area contributed by atoms with Crippen LogP contribution < -0.4 is 5.32 Å². The van der Waals surface area contributed by atoms with Crippen LogP contribution in [0.4, 0.5) is 0 Å². The molecule has 1 aromatic carbocycles.